The molecule has 1 aliphatic rings. The van der Waals surface area contributed by atoms with E-state index in [-0.39, 0.29) is 5.54 Å². The second-order valence-electron chi connectivity index (χ2n) is 8.49. The summed E-state index contributed by atoms with van der Waals surface area (Å²) >= 11 is 0. The first kappa shape index (κ1) is 22.5. The molecule has 4 heteroatoms. The number of ether oxygens (including phenoxy) is 2. The van der Waals surface area contributed by atoms with Crippen molar-refractivity contribution in [1.82, 2.24) is 0 Å². The zero-order valence-electron chi connectivity index (χ0n) is 19.2. The van der Waals surface area contributed by atoms with Crippen LogP contribution in [0.25, 0.3) is 0 Å². The predicted molar refractivity (Wildman–Crippen MR) is 132 cm³/mol. The first-order valence-corrected chi connectivity index (χ1v) is 11.3. The fourth-order valence-corrected chi connectivity index (χ4v) is 4.19. The topological polar surface area (TPSA) is 47.9 Å². The highest BCUT2D eigenvalue weighted by Crippen LogP contribution is 2.31. The highest BCUT2D eigenvalue weighted by atomic mass is 16.5. The summed E-state index contributed by atoms with van der Waals surface area (Å²) in [5, 5.41) is 0. The van der Waals surface area contributed by atoms with Gasteiger partial charge in [-0.15, -0.1) is 0 Å². The molecule has 0 amide bonds. The summed E-state index contributed by atoms with van der Waals surface area (Å²) in [6, 6.07) is 24.1. The van der Waals surface area contributed by atoms with Gasteiger partial charge in [-0.1, -0.05) is 54.6 Å². The lowest BCUT2D eigenvalue weighted by Gasteiger charge is -2.24. The summed E-state index contributed by atoms with van der Waals surface area (Å²) < 4.78 is 10.9. The third-order valence-electron chi connectivity index (χ3n) is 5.95. The van der Waals surface area contributed by atoms with Crippen LogP contribution >= 0.6 is 0 Å². The van der Waals surface area contributed by atoms with E-state index in [0.29, 0.717) is 17.1 Å². The number of rotatable bonds is 9. The molecule has 0 saturated heterocycles. The number of hydrogen-bond acceptors (Lipinski definition) is 4. The standard InChI is InChI=1S/C29H29NO3/c1-22-11-16-26(28(31)32-2)27(20-22)33-25-14-12-24(13-15-25)21-29(18-7-19-30-29)17-6-10-23-8-4-3-5-9-23/h3-5,7-9,11-16,18-20H,6,10,17,21H2,1-2H3. The Labute approximate surface area is 195 Å². The normalized spacial score (nSPS) is 16.7. The Morgan fingerprint density at radius 1 is 0.970 bits per heavy atom. The van der Waals surface area contributed by atoms with Crippen molar-refractivity contribution in [3.63, 3.8) is 0 Å². The minimum Gasteiger partial charge on any atom is -0.465 e. The fraction of sp³-hybridized carbons (Fsp3) is 0.241. The molecule has 168 valence electrons. The van der Waals surface area contributed by atoms with Gasteiger partial charge < -0.3 is 9.47 Å². The van der Waals surface area contributed by atoms with Crippen LogP contribution in [0.1, 0.15) is 39.9 Å². The Balaban J connectivity index is 1.42. The number of allylic oxidation sites excluding steroid dienone is 1. The fourth-order valence-electron chi connectivity index (χ4n) is 4.19. The second kappa shape index (κ2) is 10.3. The summed E-state index contributed by atoms with van der Waals surface area (Å²) in [5.74, 6) is 0.762. The molecule has 0 aromatic heterocycles. The van der Waals surface area contributed by atoms with E-state index in [0.717, 1.165) is 31.2 Å². The number of esters is 1. The summed E-state index contributed by atoms with van der Waals surface area (Å²) in [6.45, 7) is 1.96. The van der Waals surface area contributed by atoms with Crippen LogP contribution in [0.4, 0.5) is 0 Å². The molecule has 1 heterocycles. The van der Waals surface area contributed by atoms with Crippen molar-refractivity contribution < 1.29 is 14.3 Å². The van der Waals surface area contributed by atoms with Gasteiger partial charge in [-0.05, 0) is 73.2 Å². The molecule has 1 unspecified atom stereocenters. The molecule has 3 aromatic rings. The maximum Gasteiger partial charge on any atom is 0.341 e. The smallest absolute Gasteiger partial charge is 0.341 e. The SMILES string of the molecule is COC(=O)c1ccc(C)cc1Oc1ccc(CC2(CCCc3ccccc3)C=CC=N2)cc1. The van der Waals surface area contributed by atoms with Crippen LogP contribution in [0, 0.1) is 6.92 Å². The van der Waals surface area contributed by atoms with E-state index >= 15 is 0 Å². The van der Waals surface area contributed by atoms with Gasteiger partial charge in [-0.3, -0.25) is 4.99 Å². The Hall–Kier alpha value is -3.66. The van der Waals surface area contributed by atoms with E-state index in [2.05, 4.69) is 48.5 Å². The van der Waals surface area contributed by atoms with Gasteiger partial charge in [0.05, 0.1) is 12.6 Å². The summed E-state index contributed by atoms with van der Waals surface area (Å²) in [5.41, 5.74) is 3.80. The number of aliphatic imine (C=N–C) groups is 1. The van der Waals surface area contributed by atoms with E-state index in [4.69, 9.17) is 14.5 Å². The number of carbonyl (C=O) groups excluding carboxylic acids is 1. The van der Waals surface area contributed by atoms with Crippen LogP contribution in [0.2, 0.25) is 0 Å². The second-order valence-corrected chi connectivity index (χ2v) is 8.49. The van der Waals surface area contributed by atoms with Crippen LogP contribution in [-0.2, 0) is 17.6 Å². The van der Waals surface area contributed by atoms with E-state index in [9.17, 15) is 4.79 Å². The average Bonchev–Trinajstić information content (AvgIpc) is 3.29. The van der Waals surface area contributed by atoms with Gasteiger partial charge in [0.15, 0.2) is 0 Å². The minimum atomic E-state index is -0.412. The van der Waals surface area contributed by atoms with Crippen molar-refractivity contribution in [2.45, 2.75) is 38.1 Å². The largest absolute Gasteiger partial charge is 0.465 e. The van der Waals surface area contributed by atoms with Crippen LogP contribution in [-0.4, -0.2) is 24.8 Å². The predicted octanol–water partition coefficient (Wildman–Crippen LogP) is 6.52. The van der Waals surface area contributed by atoms with Gasteiger partial charge in [0.25, 0.3) is 0 Å². The summed E-state index contributed by atoms with van der Waals surface area (Å²) in [6.07, 6.45) is 10.1. The number of nitrogens with zero attached hydrogens (tertiary/aromatic N) is 1. The molecular weight excluding hydrogens is 410 g/mol. The minimum absolute atomic E-state index is 0.189. The van der Waals surface area contributed by atoms with E-state index in [1.807, 2.05) is 43.5 Å². The van der Waals surface area contributed by atoms with Gasteiger partial charge >= 0.3 is 5.97 Å². The molecule has 1 aliphatic heterocycles. The van der Waals surface area contributed by atoms with Crippen molar-refractivity contribution in [3.05, 3.63) is 107 Å². The molecule has 0 spiro atoms. The van der Waals surface area contributed by atoms with Gasteiger partial charge in [0.2, 0.25) is 0 Å². The van der Waals surface area contributed by atoms with Crippen molar-refractivity contribution in [1.29, 1.82) is 0 Å². The first-order chi connectivity index (χ1) is 16.1. The molecule has 4 nitrogen and oxygen atoms in total. The Bertz CT molecular complexity index is 1140. The number of aryl methyl sites for hydroxylation is 2. The van der Waals surface area contributed by atoms with Crippen LogP contribution in [0.3, 0.4) is 0 Å². The third-order valence-corrected chi connectivity index (χ3v) is 5.95. The highest BCUT2D eigenvalue weighted by Gasteiger charge is 2.27. The lowest BCUT2D eigenvalue weighted by Crippen LogP contribution is -2.25. The Kier molecular flexibility index (Phi) is 7.04. The van der Waals surface area contributed by atoms with Crippen molar-refractivity contribution in [2.24, 2.45) is 4.99 Å². The Morgan fingerprint density at radius 3 is 2.45 bits per heavy atom. The zero-order chi connectivity index (χ0) is 23.1. The molecule has 1 atom stereocenters. The van der Waals surface area contributed by atoms with Gasteiger partial charge in [-0.2, -0.15) is 0 Å². The zero-order valence-corrected chi connectivity index (χ0v) is 19.2. The maximum absolute atomic E-state index is 12.1. The highest BCUT2D eigenvalue weighted by molar-refractivity contribution is 5.92. The molecular formula is C29H29NO3. The molecule has 0 radical (unpaired) electrons. The van der Waals surface area contributed by atoms with Crippen LogP contribution < -0.4 is 4.74 Å². The van der Waals surface area contributed by atoms with Crippen molar-refractivity contribution in [2.75, 3.05) is 7.11 Å². The van der Waals surface area contributed by atoms with Crippen LogP contribution in [0.15, 0.2) is 89.9 Å². The number of carbonyl (C=O) groups is 1. The number of methoxy groups -OCH3 is 1. The molecule has 0 bridgehead atoms. The molecule has 33 heavy (non-hydrogen) atoms. The van der Waals surface area contributed by atoms with E-state index in [1.165, 1.54) is 18.2 Å². The quantitative estimate of drug-likeness (QED) is 0.357. The monoisotopic (exact) mass is 439 g/mol. The molecule has 0 saturated carbocycles. The molecule has 4 rings (SSSR count). The molecule has 0 N–H and O–H groups in total. The lowest BCUT2D eigenvalue weighted by molar-refractivity contribution is 0.0598. The first-order valence-electron chi connectivity index (χ1n) is 11.3. The van der Waals surface area contributed by atoms with Crippen molar-refractivity contribution >= 4 is 12.2 Å². The maximum atomic E-state index is 12.1. The van der Waals surface area contributed by atoms with Crippen molar-refractivity contribution in [3.8, 4) is 11.5 Å². The molecule has 0 fully saturated rings. The van der Waals surface area contributed by atoms with E-state index < -0.39 is 5.97 Å². The Morgan fingerprint density at radius 2 is 1.76 bits per heavy atom. The van der Waals surface area contributed by atoms with E-state index in [1.54, 1.807) is 6.07 Å². The third kappa shape index (κ3) is 5.78. The number of benzene rings is 3. The van der Waals surface area contributed by atoms with Gasteiger partial charge in [0.1, 0.15) is 17.1 Å². The summed E-state index contributed by atoms with van der Waals surface area (Å²) in [4.78, 5) is 16.9. The van der Waals surface area contributed by atoms with Gasteiger partial charge in [-0.25, -0.2) is 4.79 Å². The lowest BCUT2D eigenvalue weighted by atomic mass is 9.86. The van der Waals surface area contributed by atoms with Crippen LogP contribution in [0.5, 0.6) is 11.5 Å². The van der Waals surface area contributed by atoms with Gasteiger partial charge in [0, 0.05) is 12.6 Å². The summed E-state index contributed by atoms with van der Waals surface area (Å²) in [7, 11) is 1.37. The molecule has 0 aliphatic carbocycles. The number of hydrogen-bond donors (Lipinski definition) is 0. The average molecular weight is 440 g/mol. The molecule has 3 aromatic carbocycles.